The number of esters is 1. The summed E-state index contributed by atoms with van der Waals surface area (Å²) in [4.78, 5) is 25.6. The van der Waals surface area contributed by atoms with Gasteiger partial charge in [-0.15, -0.1) is 21.5 Å². The first-order valence-corrected chi connectivity index (χ1v) is 12.6. The van der Waals surface area contributed by atoms with Crippen LogP contribution in [-0.2, 0) is 16.0 Å². The van der Waals surface area contributed by atoms with Gasteiger partial charge in [-0.3, -0.25) is 9.36 Å². The lowest BCUT2D eigenvalue weighted by Crippen LogP contribution is -2.15. The third-order valence-electron chi connectivity index (χ3n) is 4.92. The Kier molecular flexibility index (Phi) is 7.76. The lowest BCUT2D eigenvalue weighted by atomic mass is 10.2. The number of anilines is 1. The summed E-state index contributed by atoms with van der Waals surface area (Å²) in [6.45, 7) is 4.12. The smallest absolute Gasteiger partial charge is 0.338 e. The van der Waals surface area contributed by atoms with E-state index in [4.69, 9.17) is 4.74 Å². The Balaban J connectivity index is 1.45. The molecule has 2 aromatic heterocycles. The van der Waals surface area contributed by atoms with Crippen LogP contribution >= 0.6 is 23.1 Å². The second-order valence-corrected chi connectivity index (χ2v) is 9.44. The highest BCUT2D eigenvalue weighted by molar-refractivity contribution is 7.99. The third-order valence-corrected chi connectivity index (χ3v) is 6.72. The second kappa shape index (κ2) is 11.1. The Morgan fingerprint density at radius 1 is 1.06 bits per heavy atom. The van der Waals surface area contributed by atoms with Gasteiger partial charge in [0.2, 0.25) is 5.91 Å². The van der Waals surface area contributed by atoms with Crippen LogP contribution in [0.25, 0.3) is 5.69 Å². The molecule has 1 amide bonds. The van der Waals surface area contributed by atoms with Crippen LogP contribution in [0.3, 0.4) is 0 Å². The molecule has 0 saturated heterocycles. The minimum Gasteiger partial charge on any atom is -0.462 e. The van der Waals surface area contributed by atoms with Gasteiger partial charge in [0.05, 0.1) is 17.9 Å². The molecule has 0 atom stereocenters. The number of aromatic nitrogens is 3. The molecule has 174 valence electrons. The average molecular weight is 493 g/mol. The number of ether oxygens (including phenoxy) is 1. The van der Waals surface area contributed by atoms with Crippen molar-refractivity contribution < 1.29 is 14.3 Å². The highest BCUT2D eigenvalue weighted by Gasteiger charge is 2.17. The van der Waals surface area contributed by atoms with E-state index in [1.54, 1.807) is 42.5 Å². The monoisotopic (exact) mass is 492 g/mol. The minimum atomic E-state index is -0.385. The van der Waals surface area contributed by atoms with Crippen molar-refractivity contribution in [1.29, 1.82) is 0 Å². The summed E-state index contributed by atoms with van der Waals surface area (Å²) in [5.41, 5.74) is 3.18. The first-order valence-electron chi connectivity index (χ1n) is 10.8. The van der Waals surface area contributed by atoms with Crippen LogP contribution in [0.2, 0.25) is 0 Å². The van der Waals surface area contributed by atoms with Crippen molar-refractivity contribution in [2.45, 2.75) is 25.4 Å². The van der Waals surface area contributed by atoms with Crippen LogP contribution < -0.4 is 5.32 Å². The number of hydrogen-bond acceptors (Lipinski definition) is 7. The van der Waals surface area contributed by atoms with Crippen molar-refractivity contribution in [3.8, 4) is 5.69 Å². The molecule has 2 heterocycles. The summed E-state index contributed by atoms with van der Waals surface area (Å²) in [5, 5.41) is 14.3. The van der Waals surface area contributed by atoms with Crippen LogP contribution in [0.1, 0.15) is 33.5 Å². The molecular formula is C25H24N4O3S2. The quantitative estimate of drug-likeness (QED) is 0.257. The van der Waals surface area contributed by atoms with E-state index in [2.05, 4.69) is 21.6 Å². The fraction of sp³-hybridized carbons (Fsp3) is 0.200. The zero-order valence-electron chi connectivity index (χ0n) is 18.9. The largest absolute Gasteiger partial charge is 0.462 e. The predicted molar refractivity (Wildman–Crippen MR) is 135 cm³/mol. The molecule has 0 bridgehead atoms. The predicted octanol–water partition coefficient (Wildman–Crippen LogP) is 5.14. The number of hydrogen-bond donors (Lipinski definition) is 1. The van der Waals surface area contributed by atoms with Crippen LogP contribution in [-0.4, -0.2) is 39.0 Å². The number of carbonyl (C=O) groups is 2. The van der Waals surface area contributed by atoms with Gasteiger partial charge < -0.3 is 10.1 Å². The zero-order valence-corrected chi connectivity index (χ0v) is 20.5. The van der Waals surface area contributed by atoms with Gasteiger partial charge in [0.1, 0.15) is 5.82 Å². The van der Waals surface area contributed by atoms with E-state index in [1.807, 2.05) is 47.2 Å². The van der Waals surface area contributed by atoms with E-state index in [9.17, 15) is 9.59 Å². The first kappa shape index (κ1) is 23.7. The van der Waals surface area contributed by atoms with Crippen molar-refractivity contribution in [3.05, 3.63) is 87.9 Å². The first-order chi connectivity index (χ1) is 16.5. The Morgan fingerprint density at radius 2 is 1.82 bits per heavy atom. The van der Waals surface area contributed by atoms with E-state index in [1.165, 1.54) is 22.2 Å². The Labute approximate surface area is 206 Å². The molecule has 0 unspecified atom stereocenters. The standard InChI is InChI=1S/C25H24N4O3S2/c1-3-32-24(31)18-8-10-19(11-9-18)26-23(30)16-34-25-28-27-22(15-21-5-4-14-33-21)29(25)20-12-6-17(2)7-13-20/h4-14H,3,15-16H2,1-2H3,(H,26,30). The lowest BCUT2D eigenvalue weighted by molar-refractivity contribution is -0.113. The number of nitrogens with zero attached hydrogens (tertiary/aromatic N) is 3. The van der Waals surface area contributed by atoms with Crippen molar-refractivity contribution in [2.24, 2.45) is 0 Å². The zero-order chi connectivity index (χ0) is 23.9. The van der Waals surface area contributed by atoms with E-state index in [-0.39, 0.29) is 17.6 Å². The molecule has 0 spiro atoms. The van der Waals surface area contributed by atoms with Gasteiger partial charge in [0.15, 0.2) is 5.16 Å². The molecule has 4 rings (SSSR count). The molecular weight excluding hydrogens is 468 g/mol. The molecule has 9 heteroatoms. The maximum Gasteiger partial charge on any atom is 0.338 e. The van der Waals surface area contributed by atoms with Crippen LogP contribution in [0.4, 0.5) is 5.69 Å². The normalized spacial score (nSPS) is 10.8. The summed E-state index contributed by atoms with van der Waals surface area (Å²) < 4.78 is 6.99. The van der Waals surface area contributed by atoms with Gasteiger partial charge in [-0.1, -0.05) is 35.5 Å². The number of thioether (sulfide) groups is 1. The van der Waals surface area contributed by atoms with Crippen molar-refractivity contribution in [2.75, 3.05) is 17.7 Å². The topological polar surface area (TPSA) is 86.1 Å². The molecule has 2 aromatic carbocycles. The van der Waals surface area contributed by atoms with E-state index in [0.29, 0.717) is 29.4 Å². The maximum absolute atomic E-state index is 12.6. The molecule has 0 aliphatic rings. The number of aryl methyl sites for hydroxylation is 1. The number of amides is 1. The average Bonchev–Trinajstić information content (AvgIpc) is 3.49. The van der Waals surface area contributed by atoms with Gasteiger partial charge in [-0.05, 0) is 61.7 Å². The number of thiophene rings is 1. The second-order valence-electron chi connectivity index (χ2n) is 7.46. The Hall–Kier alpha value is -3.43. The fourth-order valence-corrected chi connectivity index (χ4v) is 4.73. The van der Waals surface area contributed by atoms with Gasteiger partial charge in [-0.2, -0.15) is 0 Å². The Bertz CT molecular complexity index is 1250. The van der Waals surface area contributed by atoms with Gasteiger partial charge in [-0.25, -0.2) is 4.79 Å². The van der Waals surface area contributed by atoms with E-state index < -0.39 is 0 Å². The Morgan fingerprint density at radius 3 is 2.50 bits per heavy atom. The van der Waals surface area contributed by atoms with Gasteiger partial charge in [0, 0.05) is 22.7 Å². The minimum absolute atomic E-state index is 0.169. The molecule has 0 aliphatic heterocycles. The third kappa shape index (κ3) is 5.92. The van der Waals surface area contributed by atoms with Crippen molar-refractivity contribution >= 4 is 40.7 Å². The highest BCUT2D eigenvalue weighted by Crippen LogP contribution is 2.25. The van der Waals surface area contributed by atoms with E-state index in [0.717, 1.165) is 11.5 Å². The molecule has 1 N–H and O–H groups in total. The van der Waals surface area contributed by atoms with Crippen molar-refractivity contribution in [3.63, 3.8) is 0 Å². The van der Waals surface area contributed by atoms with Crippen LogP contribution in [0.15, 0.2) is 71.2 Å². The lowest BCUT2D eigenvalue weighted by Gasteiger charge is -2.11. The summed E-state index contributed by atoms with van der Waals surface area (Å²) in [6.07, 6.45) is 0.665. The molecule has 4 aromatic rings. The molecule has 0 saturated carbocycles. The van der Waals surface area contributed by atoms with Crippen LogP contribution in [0, 0.1) is 6.92 Å². The summed E-state index contributed by atoms with van der Waals surface area (Å²) in [5.74, 6) is 0.434. The maximum atomic E-state index is 12.6. The highest BCUT2D eigenvalue weighted by atomic mass is 32.2. The summed E-state index contributed by atoms with van der Waals surface area (Å²) in [6, 6.07) is 18.9. The molecule has 0 radical (unpaired) electrons. The summed E-state index contributed by atoms with van der Waals surface area (Å²) in [7, 11) is 0. The number of nitrogens with one attached hydrogen (secondary N) is 1. The molecule has 7 nitrogen and oxygen atoms in total. The van der Waals surface area contributed by atoms with Gasteiger partial charge >= 0.3 is 5.97 Å². The number of carbonyl (C=O) groups excluding carboxylic acids is 2. The number of rotatable bonds is 9. The van der Waals surface area contributed by atoms with E-state index >= 15 is 0 Å². The summed E-state index contributed by atoms with van der Waals surface area (Å²) >= 11 is 3.01. The molecule has 0 fully saturated rings. The fourth-order valence-electron chi connectivity index (χ4n) is 3.26. The van der Waals surface area contributed by atoms with Crippen LogP contribution in [0.5, 0.6) is 0 Å². The molecule has 34 heavy (non-hydrogen) atoms. The SMILES string of the molecule is CCOC(=O)c1ccc(NC(=O)CSc2nnc(Cc3cccs3)n2-c2ccc(C)cc2)cc1. The van der Waals surface area contributed by atoms with Gasteiger partial charge in [0.25, 0.3) is 0 Å². The molecule has 0 aliphatic carbocycles. The number of benzene rings is 2. The van der Waals surface area contributed by atoms with Crippen molar-refractivity contribution in [1.82, 2.24) is 14.8 Å².